The van der Waals surface area contributed by atoms with Crippen LogP contribution < -0.4 is 0 Å². The molecule has 0 radical (unpaired) electrons. The molecule has 0 saturated carbocycles. The molecule has 3 aromatic carbocycles. The van der Waals surface area contributed by atoms with E-state index in [9.17, 15) is 0 Å². The SMILES string of the molecule is CSc1ncc(-c2ccc3c4ccc(-c5cnc(C(C)C)[nH]5)cc4c4cnncc4c3c2)[nH]1. The van der Waals surface area contributed by atoms with Gasteiger partial charge in [0.25, 0.3) is 0 Å². The van der Waals surface area contributed by atoms with Crippen LogP contribution in [0.3, 0.4) is 0 Å². The second-order valence-corrected chi connectivity index (χ2v) is 9.28. The van der Waals surface area contributed by atoms with Gasteiger partial charge in [0.15, 0.2) is 5.16 Å². The van der Waals surface area contributed by atoms with Gasteiger partial charge >= 0.3 is 0 Å². The summed E-state index contributed by atoms with van der Waals surface area (Å²) >= 11 is 1.60. The zero-order valence-corrected chi connectivity index (χ0v) is 19.4. The van der Waals surface area contributed by atoms with Crippen molar-refractivity contribution >= 4 is 44.1 Å². The Labute approximate surface area is 194 Å². The number of H-pyrrole nitrogens is 2. The Morgan fingerprint density at radius 1 is 0.667 bits per heavy atom. The topological polar surface area (TPSA) is 83.1 Å². The van der Waals surface area contributed by atoms with Gasteiger partial charge in [-0.1, -0.05) is 49.9 Å². The van der Waals surface area contributed by atoms with Crippen molar-refractivity contribution in [3.05, 3.63) is 67.0 Å². The van der Waals surface area contributed by atoms with E-state index in [-0.39, 0.29) is 0 Å². The first kappa shape index (κ1) is 19.9. The predicted octanol–water partition coefficient (Wildman–Crippen LogP) is 6.56. The number of nitrogens with zero attached hydrogens (tertiary/aromatic N) is 4. The number of aromatic amines is 2. The minimum atomic E-state index is 0.357. The number of hydrogen-bond acceptors (Lipinski definition) is 5. The average molecular weight is 451 g/mol. The molecule has 6 aromatic rings. The molecule has 0 aliphatic heterocycles. The molecule has 2 N–H and O–H groups in total. The van der Waals surface area contributed by atoms with E-state index in [0.717, 1.165) is 55.0 Å². The van der Waals surface area contributed by atoms with Crippen LogP contribution in [0.15, 0.2) is 66.3 Å². The van der Waals surface area contributed by atoms with Crippen molar-refractivity contribution < 1.29 is 0 Å². The summed E-state index contributed by atoms with van der Waals surface area (Å²) in [4.78, 5) is 15.8. The van der Waals surface area contributed by atoms with Gasteiger partial charge in [0, 0.05) is 27.8 Å². The average Bonchev–Trinajstić information content (AvgIpc) is 3.54. The largest absolute Gasteiger partial charge is 0.342 e. The summed E-state index contributed by atoms with van der Waals surface area (Å²) < 4.78 is 0. The maximum absolute atomic E-state index is 4.54. The number of nitrogens with one attached hydrogen (secondary N) is 2. The first-order chi connectivity index (χ1) is 16.1. The Morgan fingerprint density at radius 2 is 1.24 bits per heavy atom. The molecule has 6 rings (SSSR count). The highest BCUT2D eigenvalue weighted by molar-refractivity contribution is 7.98. The summed E-state index contributed by atoms with van der Waals surface area (Å²) in [7, 11) is 0. The number of benzene rings is 3. The summed E-state index contributed by atoms with van der Waals surface area (Å²) in [5, 5.41) is 16.2. The molecule has 6 nitrogen and oxygen atoms in total. The minimum Gasteiger partial charge on any atom is -0.342 e. The first-order valence-corrected chi connectivity index (χ1v) is 12.1. The molecule has 0 aliphatic carbocycles. The Morgan fingerprint density at radius 3 is 1.76 bits per heavy atom. The molecule has 33 heavy (non-hydrogen) atoms. The number of hydrogen-bond donors (Lipinski definition) is 2. The van der Waals surface area contributed by atoms with Crippen molar-refractivity contribution in [1.82, 2.24) is 30.1 Å². The zero-order valence-electron chi connectivity index (χ0n) is 18.5. The monoisotopic (exact) mass is 450 g/mol. The van der Waals surface area contributed by atoms with E-state index in [1.807, 2.05) is 31.0 Å². The molecule has 7 heteroatoms. The first-order valence-electron chi connectivity index (χ1n) is 10.9. The molecule has 0 fully saturated rings. The lowest BCUT2D eigenvalue weighted by molar-refractivity contribution is 0.795. The molecule has 0 unspecified atom stereocenters. The number of imidazole rings is 2. The van der Waals surface area contributed by atoms with Crippen LogP contribution >= 0.6 is 11.8 Å². The van der Waals surface area contributed by atoms with Crippen LogP contribution in [0.4, 0.5) is 0 Å². The number of aromatic nitrogens is 6. The smallest absolute Gasteiger partial charge is 0.165 e. The number of rotatable bonds is 4. The summed E-state index contributed by atoms with van der Waals surface area (Å²) in [6, 6.07) is 13.1. The van der Waals surface area contributed by atoms with Crippen LogP contribution in [0.1, 0.15) is 25.6 Å². The Hall–Kier alpha value is -3.71. The standard InChI is InChI=1S/C26H22N6S/c1-14(2)25-27-12-23(31-25)15-4-6-17-18-7-5-16(24-13-28-26(32-24)33-3)9-20(18)22-11-30-29-10-21(22)19(17)8-15/h4-14H,1-3H3,(H,27,31)(H,28,32). The van der Waals surface area contributed by atoms with Crippen molar-refractivity contribution in [3.8, 4) is 22.5 Å². The highest BCUT2D eigenvalue weighted by Gasteiger charge is 2.13. The Kier molecular flexibility index (Phi) is 4.66. The van der Waals surface area contributed by atoms with Crippen molar-refractivity contribution in [2.24, 2.45) is 0 Å². The highest BCUT2D eigenvalue weighted by atomic mass is 32.2. The van der Waals surface area contributed by atoms with Crippen LogP contribution in [-0.4, -0.2) is 36.4 Å². The fourth-order valence-electron chi connectivity index (χ4n) is 4.42. The van der Waals surface area contributed by atoms with E-state index in [1.54, 1.807) is 11.8 Å². The fraction of sp³-hybridized carbons (Fsp3) is 0.154. The lowest BCUT2D eigenvalue weighted by atomic mass is 9.93. The van der Waals surface area contributed by atoms with Crippen molar-refractivity contribution in [2.75, 3.05) is 6.26 Å². The van der Waals surface area contributed by atoms with E-state index in [4.69, 9.17) is 0 Å². The molecular formula is C26H22N6S. The molecule has 3 aromatic heterocycles. The van der Waals surface area contributed by atoms with Crippen molar-refractivity contribution in [3.63, 3.8) is 0 Å². The maximum atomic E-state index is 4.54. The highest BCUT2D eigenvalue weighted by Crippen LogP contribution is 2.38. The fourth-order valence-corrected chi connectivity index (χ4v) is 4.79. The lowest BCUT2D eigenvalue weighted by Crippen LogP contribution is -1.90. The van der Waals surface area contributed by atoms with Gasteiger partial charge in [-0.05, 0) is 39.9 Å². The van der Waals surface area contributed by atoms with Crippen molar-refractivity contribution in [2.45, 2.75) is 24.9 Å². The molecule has 3 heterocycles. The quantitative estimate of drug-likeness (QED) is 0.235. The van der Waals surface area contributed by atoms with E-state index in [0.29, 0.717) is 5.92 Å². The van der Waals surface area contributed by atoms with E-state index < -0.39 is 0 Å². The van der Waals surface area contributed by atoms with Gasteiger partial charge in [-0.2, -0.15) is 10.2 Å². The molecule has 0 atom stereocenters. The van der Waals surface area contributed by atoms with Gasteiger partial charge in [-0.15, -0.1) is 0 Å². The minimum absolute atomic E-state index is 0.357. The van der Waals surface area contributed by atoms with Gasteiger partial charge in [0.05, 0.1) is 36.2 Å². The normalized spacial score (nSPS) is 11.9. The van der Waals surface area contributed by atoms with Gasteiger partial charge in [0.1, 0.15) is 5.82 Å². The van der Waals surface area contributed by atoms with Gasteiger partial charge < -0.3 is 9.97 Å². The number of fused-ring (bicyclic) bond motifs is 6. The van der Waals surface area contributed by atoms with Crippen LogP contribution in [-0.2, 0) is 0 Å². The summed E-state index contributed by atoms with van der Waals surface area (Å²) in [6.45, 7) is 4.28. The predicted molar refractivity (Wildman–Crippen MR) is 136 cm³/mol. The summed E-state index contributed by atoms with van der Waals surface area (Å²) in [5.74, 6) is 1.35. The molecule has 0 saturated heterocycles. The van der Waals surface area contributed by atoms with Crippen LogP contribution in [0.5, 0.6) is 0 Å². The molecule has 0 aliphatic rings. The zero-order chi connectivity index (χ0) is 22.5. The third kappa shape index (κ3) is 3.27. The maximum Gasteiger partial charge on any atom is 0.165 e. The molecule has 0 spiro atoms. The Balaban J connectivity index is 1.60. The number of thioether (sulfide) groups is 1. The van der Waals surface area contributed by atoms with Gasteiger partial charge in [0.2, 0.25) is 0 Å². The third-order valence-electron chi connectivity index (χ3n) is 6.15. The van der Waals surface area contributed by atoms with E-state index >= 15 is 0 Å². The second-order valence-electron chi connectivity index (χ2n) is 8.48. The van der Waals surface area contributed by atoms with Crippen molar-refractivity contribution in [1.29, 1.82) is 0 Å². The van der Waals surface area contributed by atoms with Crippen LogP contribution in [0.2, 0.25) is 0 Å². The molecular weight excluding hydrogens is 428 g/mol. The molecule has 162 valence electrons. The van der Waals surface area contributed by atoms with Crippen LogP contribution in [0, 0.1) is 0 Å². The summed E-state index contributed by atoms with van der Waals surface area (Å²) in [5.41, 5.74) is 4.24. The Bertz CT molecular complexity index is 1630. The van der Waals surface area contributed by atoms with E-state index in [1.165, 1.54) is 10.8 Å². The van der Waals surface area contributed by atoms with E-state index in [2.05, 4.69) is 80.4 Å². The summed E-state index contributed by atoms with van der Waals surface area (Å²) in [6.07, 6.45) is 9.54. The second kappa shape index (κ2) is 7.71. The molecule has 0 bridgehead atoms. The third-order valence-corrected chi connectivity index (χ3v) is 6.74. The molecule has 0 amide bonds. The van der Waals surface area contributed by atoms with Gasteiger partial charge in [-0.25, -0.2) is 9.97 Å². The van der Waals surface area contributed by atoms with Gasteiger partial charge in [-0.3, -0.25) is 0 Å². The lowest BCUT2D eigenvalue weighted by Gasteiger charge is -2.12. The van der Waals surface area contributed by atoms with Crippen LogP contribution in [0.25, 0.3) is 54.8 Å².